The third-order valence-corrected chi connectivity index (χ3v) is 4.97. The van der Waals surface area contributed by atoms with Gasteiger partial charge in [-0.05, 0) is 18.1 Å². The van der Waals surface area contributed by atoms with Gasteiger partial charge in [-0.2, -0.15) is 0 Å². The van der Waals surface area contributed by atoms with E-state index >= 15 is 0 Å². The summed E-state index contributed by atoms with van der Waals surface area (Å²) in [6.07, 6.45) is 10.0. The lowest BCUT2D eigenvalue weighted by molar-refractivity contribution is 0.466. The molecule has 2 aromatic rings. The standard InChI is InChI=1S/C18H17NOS.C2H6/c1-2-21-17-19-16(18-11-7-6-10-14(18)12-18)15(20-17)13-8-4-3-5-9-13;1-2/h3-11,14H,2,12H2,1H3;1-2H3. The molecule has 1 saturated carbocycles. The Morgan fingerprint density at radius 3 is 2.70 bits per heavy atom. The van der Waals surface area contributed by atoms with Gasteiger partial charge in [0.25, 0.3) is 5.22 Å². The molecular weight excluding hydrogens is 302 g/mol. The highest BCUT2D eigenvalue weighted by molar-refractivity contribution is 7.99. The fraction of sp³-hybridized carbons (Fsp3) is 0.350. The molecule has 1 aromatic heterocycles. The summed E-state index contributed by atoms with van der Waals surface area (Å²) in [5, 5.41) is 0.786. The lowest BCUT2D eigenvalue weighted by Gasteiger charge is -2.12. The van der Waals surface area contributed by atoms with Crippen molar-refractivity contribution >= 4 is 11.8 Å². The van der Waals surface area contributed by atoms with Gasteiger partial charge in [0, 0.05) is 11.0 Å². The molecule has 0 spiro atoms. The Hall–Kier alpha value is -1.74. The van der Waals surface area contributed by atoms with E-state index in [2.05, 4.69) is 43.4 Å². The molecule has 3 heteroatoms. The number of rotatable bonds is 4. The number of fused-ring (bicyclic) bond motifs is 1. The van der Waals surface area contributed by atoms with Crippen LogP contribution >= 0.6 is 11.8 Å². The van der Waals surface area contributed by atoms with Gasteiger partial charge in [-0.15, -0.1) is 0 Å². The van der Waals surface area contributed by atoms with Gasteiger partial charge in [0.2, 0.25) is 0 Å². The Kier molecular flexibility index (Phi) is 4.76. The summed E-state index contributed by atoms with van der Waals surface area (Å²) in [7, 11) is 0. The molecular formula is C20H23NOS. The second kappa shape index (κ2) is 6.79. The van der Waals surface area contributed by atoms with Gasteiger partial charge in [-0.1, -0.05) is 87.2 Å². The molecule has 2 aliphatic rings. The highest BCUT2D eigenvalue weighted by Crippen LogP contribution is 2.59. The van der Waals surface area contributed by atoms with Crippen LogP contribution in [0.15, 0.2) is 64.3 Å². The molecule has 2 nitrogen and oxygen atoms in total. The van der Waals surface area contributed by atoms with Gasteiger partial charge in [-0.25, -0.2) is 4.98 Å². The van der Waals surface area contributed by atoms with Gasteiger partial charge < -0.3 is 4.42 Å². The number of hydrogen-bond donors (Lipinski definition) is 0. The van der Waals surface area contributed by atoms with E-state index in [0.717, 1.165) is 34.4 Å². The molecule has 0 N–H and O–H groups in total. The molecule has 0 radical (unpaired) electrons. The van der Waals surface area contributed by atoms with Crippen LogP contribution in [-0.4, -0.2) is 10.7 Å². The number of hydrogen-bond acceptors (Lipinski definition) is 3. The van der Waals surface area contributed by atoms with Crippen LogP contribution in [0.3, 0.4) is 0 Å². The van der Waals surface area contributed by atoms with Crippen LogP contribution in [0.5, 0.6) is 0 Å². The first kappa shape index (κ1) is 16.1. The van der Waals surface area contributed by atoms with Crippen molar-refractivity contribution in [3.63, 3.8) is 0 Å². The van der Waals surface area contributed by atoms with E-state index in [1.807, 2.05) is 32.0 Å². The van der Waals surface area contributed by atoms with Crippen molar-refractivity contribution < 1.29 is 4.42 Å². The van der Waals surface area contributed by atoms with Crippen LogP contribution in [0, 0.1) is 5.92 Å². The summed E-state index contributed by atoms with van der Waals surface area (Å²) in [4.78, 5) is 4.82. The van der Waals surface area contributed by atoms with Crippen molar-refractivity contribution in [2.24, 2.45) is 5.92 Å². The molecule has 2 unspecified atom stereocenters. The third kappa shape index (κ3) is 2.90. The Morgan fingerprint density at radius 1 is 1.22 bits per heavy atom. The molecule has 120 valence electrons. The third-order valence-electron chi connectivity index (χ3n) is 4.26. The van der Waals surface area contributed by atoms with Crippen LogP contribution in [0.2, 0.25) is 0 Å². The summed E-state index contributed by atoms with van der Waals surface area (Å²) >= 11 is 1.67. The first-order valence-electron chi connectivity index (χ1n) is 8.39. The van der Waals surface area contributed by atoms with Crippen LogP contribution in [-0.2, 0) is 5.41 Å². The quantitative estimate of drug-likeness (QED) is 0.658. The van der Waals surface area contributed by atoms with Crippen LogP contribution in [0.25, 0.3) is 11.3 Å². The van der Waals surface area contributed by atoms with Crippen LogP contribution in [0.4, 0.5) is 0 Å². The fourth-order valence-corrected chi connectivity index (χ4v) is 3.64. The molecule has 0 saturated heterocycles. The predicted octanol–water partition coefficient (Wildman–Crippen LogP) is 5.86. The summed E-state index contributed by atoms with van der Waals surface area (Å²) in [5.74, 6) is 2.49. The molecule has 1 aromatic carbocycles. The second-order valence-electron chi connectivity index (χ2n) is 5.55. The maximum atomic E-state index is 6.08. The topological polar surface area (TPSA) is 26.0 Å². The minimum Gasteiger partial charge on any atom is -0.431 e. The molecule has 2 atom stereocenters. The van der Waals surface area contributed by atoms with Gasteiger partial charge in [-0.3, -0.25) is 0 Å². The van der Waals surface area contributed by atoms with E-state index in [-0.39, 0.29) is 5.41 Å². The number of aromatic nitrogens is 1. The zero-order valence-corrected chi connectivity index (χ0v) is 14.8. The average Bonchev–Trinajstić information content (AvgIpc) is 3.22. The van der Waals surface area contributed by atoms with Crippen molar-refractivity contribution in [1.82, 2.24) is 4.98 Å². The van der Waals surface area contributed by atoms with Crippen molar-refractivity contribution in [3.8, 4) is 11.3 Å². The molecule has 4 rings (SSSR count). The van der Waals surface area contributed by atoms with Crippen molar-refractivity contribution in [3.05, 3.63) is 60.3 Å². The lowest BCUT2D eigenvalue weighted by atomic mass is 9.92. The van der Waals surface area contributed by atoms with E-state index in [1.165, 1.54) is 0 Å². The second-order valence-corrected chi connectivity index (χ2v) is 6.77. The first-order valence-corrected chi connectivity index (χ1v) is 9.37. The zero-order chi connectivity index (χ0) is 16.3. The Morgan fingerprint density at radius 2 is 2.00 bits per heavy atom. The normalized spacial score (nSPS) is 23.9. The molecule has 1 fully saturated rings. The maximum Gasteiger partial charge on any atom is 0.256 e. The highest BCUT2D eigenvalue weighted by Gasteiger charge is 2.56. The smallest absolute Gasteiger partial charge is 0.256 e. The number of benzene rings is 1. The molecule has 0 amide bonds. The summed E-state index contributed by atoms with van der Waals surface area (Å²) in [6.45, 7) is 6.12. The van der Waals surface area contributed by atoms with Crippen molar-refractivity contribution in [2.45, 2.75) is 37.8 Å². The van der Waals surface area contributed by atoms with Crippen molar-refractivity contribution in [1.29, 1.82) is 0 Å². The van der Waals surface area contributed by atoms with Gasteiger partial charge in [0.05, 0.1) is 5.69 Å². The maximum absolute atomic E-state index is 6.08. The van der Waals surface area contributed by atoms with Gasteiger partial charge >= 0.3 is 0 Å². The van der Waals surface area contributed by atoms with E-state index in [9.17, 15) is 0 Å². The monoisotopic (exact) mass is 325 g/mol. The van der Waals surface area contributed by atoms with Crippen LogP contribution in [0.1, 0.15) is 32.9 Å². The van der Waals surface area contributed by atoms with Gasteiger partial charge in [0.1, 0.15) is 0 Å². The van der Waals surface area contributed by atoms with E-state index in [1.54, 1.807) is 11.8 Å². The van der Waals surface area contributed by atoms with E-state index < -0.39 is 0 Å². The predicted molar refractivity (Wildman–Crippen MR) is 97.8 cm³/mol. The van der Waals surface area contributed by atoms with Crippen molar-refractivity contribution in [2.75, 3.05) is 5.75 Å². The zero-order valence-electron chi connectivity index (χ0n) is 14.0. The molecule has 0 aliphatic heterocycles. The number of thioether (sulfide) groups is 1. The largest absolute Gasteiger partial charge is 0.431 e. The SMILES string of the molecule is CC.CCSc1nc(C23C=CC=CC2C3)c(-c2ccccc2)o1. The summed E-state index contributed by atoms with van der Waals surface area (Å²) in [6, 6.07) is 10.3. The molecule has 23 heavy (non-hydrogen) atoms. The first-order chi connectivity index (χ1) is 11.3. The van der Waals surface area contributed by atoms with E-state index in [0.29, 0.717) is 5.92 Å². The minimum absolute atomic E-state index is 0.0655. The average molecular weight is 325 g/mol. The summed E-state index contributed by atoms with van der Waals surface area (Å²) in [5.41, 5.74) is 2.29. The number of allylic oxidation sites excluding steroid dienone is 4. The van der Waals surface area contributed by atoms with E-state index in [4.69, 9.17) is 9.40 Å². The fourth-order valence-electron chi connectivity index (χ4n) is 3.10. The highest BCUT2D eigenvalue weighted by atomic mass is 32.2. The lowest BCUT2D eigenvalue weighted by Crippen LogP contribution is -2.09. The molecule has 2 aliphatic carbocycles. The number of oxazole rings is 1. The Bertz CT molecular complexity index is 716. The minimum atomic E-state index is 0.0655. The summed E-state index contributed by atoms with van der Waals surface area (Å²) < 4.78 is 6.08. The molecule has 1 heterocycles. The molecule has 0 bridgehead atoms. The van der Waals surface area contributed by atoms with Crippen LogP contribution < -0.4 is 0 Å². The van der Waals surface area contributed by atoms with Gasteiger partial charge in [0.15, 0.2) is 5.76 Å². The Labute approximate surface area is 142 Å². The Balaban J connectivity index is 0.000000753. The number of nitrogens with zero attached hydrogens (tertiary/aromatic N) is 1.